The van der Waals surface area contributed by atoms with Gasteiger partial charge in [0.15, 0.2) is 5.96 Å². The molecule has 30 heavy (non-hydrogen) atoms. The van der Waals surface area contributed by atoms with Crippen molar-refractivity contribution in [2.75, 3.05) is 26.2 Å². The number of benzene rings is 1. The Morgan fingerprint density at radius 3 is 2.80 bits per heavy atom. The van der Waals surface area contributed by atoms with Crippen molar-refractivity contribution in [2.45, 2.75) is 32.7 Å². The van der Waals surface area contributed by atoms with Crippen molar-refractivity contribution < 1.29 is 17.9 Å². The Bertz CT molecular complexity index is 860. The van der Waals surface area contributed by atoms with Crippen LogP contribution in [0.25, 0.3) is 0 Å². The zero-order valence-electron chi connectivity index (χ0n) is 16.9. The predicted molar refractivity (Wildman–Crippen MR) is 121 cm³/mol. The molecule has 0 radical (unpaired) electrons. The molecule has 9 heteroatoms. The van der Waals surface area contributed by atoms with Crippen molar-refractivity contribution in [3.63, 3.8) is 0 Å². The van der Waals surface area contributed by atoms with Crippen molar-refractivity contribution >= 4 is 29.9 Å². The summed E-state index contributed by atoms with van der Waals surface area (Å²) in [4.78, 5) is 11.1. The van der Waals surface area contributed by atoms with E-state index < -0.39 is 17.8 Å². The average Bonchev–Trinajstić information content (AvgIpc) is 2.72. The van der Waals surface area contributed by atoms with Crippen molar-refractivity contribution in [1.29, 1.82) is 0 Å². The quantitative estimate of drug-likeness (QED) is 0.355. The Hall–Kier alpha value is -1.88. The van der Waals surface area contributed by atoms with E-state index in [4.69, 9.17) is 4.74 Å². The second-order valence-corrected chi connectivity index (χ2v) is 6.87. The Kier molecular flexibility index (Phi) is 8.90. The van der Waals surface area contributed by atoms with E-state index in [0.717, 1.165) is 23.4 Å². The molecule has 3 rings (SSSR count). The molecule has 2 aromatic rings. The van der Waals surface area contributed by atoms with Gasteiger partial charge in [0, 0.05) is 19.3 Å². The summed E-state index contributed by atoms with van der Waals surface area (Å²) in [5, 5.41) is 3.26. The first kappa shape index (κ1) is 24.4. The summed E-state index contributed by atoms with van der Waals surface area (Å²) in [6.45, 7) is 6.53. The molecule has 1 atom stereocenters. The second-order valence-electron chi connectivity index (χ2n) is 6.87. The molecule has 0 saturated carbocycles. The van der Waals surface area contributed by atoms with Crippen LogP contribution in [0.5, 0.6) is 0 Å². The summed E-state index contributed by atoms with van der Waals surface area (Å²) >= 11 is 0. The molecule has 1 N–H and O–H groups in total. The van der Waals surface area contributed by atoms with Crippen molar-refractivity contribution in [2.24, 2.45) is 4.99 Å². The first-order valence-corrected chi connectivity index (χ1v) is 9.61. The average molecular weight is 534 g/mol. The van der Waals surface area contributed by atoms with Gasteiger partial charge in [0.25, 0.3) is 0 Å². The Balaban J connectivity index is 0.00000320. The second kappa shape index (κ2) is 10.9. The van der Waals surface area contributed by atoms with E-state index in [1.807, 2.05) is 30.9 Å². The lowest BCUT2D eigenvalue weighted by atomic mass is 10.0. The number of nitrogens with zero attached hydrogens (tertiary/aromatic N) is 3. The monoisotopic (exact) mass is 534 g/mol. The third-order valence-corrected chi connectivity index (χ3v) is 4.78. The van der Waals surface area contributed by atoms with Crippen LogP contribution in [0.4, 0.5) is 13.2 Å². The molecule has 1 aliphatic heterocycles. The third kappa shape index (κ3) is 6.31. The smallest absolute Gasteiger partial charge is 0.370 e. The number of guanidine groups is 1. The van der Waals surface area contributed by atoms with Crippen molar-refractivity contribution in [3.8, 4) is 0 Å². The molecule has 0 amide bonds. The van der Waals surface area contributed by atoms with Gasteiger partial charge in [-0.25, -0.2) is 4.99 Å². The molecule has 2 heterocycles. The molecule has 1 unspecified atom stereocenters. The molecule has 1 aromatic carbocycles. The van der Waals surface area contributed by atoms with E-state index >= 15 is 0 Å². The van der Waals surface area contributed by atoms with E-state index in [1.54, 1.807) is 12.3 Å². The minimum atomic E-state index is -4.37. The number of aromatic nitrogens is 1. The van der Waals surface area contributed by atoms with Crippen molar-refractivity contribution in [1.82, 2.24) is 15.2 Å². The summed E-state index contributed by atoms with van der Waals surface area (Å²) in [5.74, 6) is 0.706. The van der Waals surface area contributed by atoms with Gasteiger partial charge in [-0.05, 0) is 43.2 Å². The maximum Gasteiger partial charge on any atom is 0.416 e. The van der Waals surface area contributed by atoms with Gasteiger partial charge in [0.2, 0.25) is 0 Å². The van der Waals surface area contributed by atoms with Crippen LogP contribution >= 0.6 is 24.0 Å². The lowest BCUT2D eigenvalue weighted by molar-refractivity contribution is -0.137. The number of rotatable bonds is 4. The van der Waals surface area contributed by atoms with Gasteiger partial charge < -0.3 is 15.0 Å². The van der Waals surface area contributed by atoms with Crippen LogP contribution in [-0.2, 0) is 17.5 Å². The van der Waals surface area contributed by atoms with E-state index in [1.165, 1.54) is 6.07 Å². The minimum Gasteiger partial charge on any atom is -0.370 e. The molecule has 0 spiro atoms. The van der Waals surface area contributed by atoms with E-state index in [0.29, 0.717) is 44.3 Å². The number of aliphatic imine (C=N–C) groups is 1. The normalized spacial score (nSPS) is 17.4. The summed E-state index contributed by atoms with van der Waals surface area (Å²) in [7, 11) is 0. The number of hydrogen-bond acceptors (Lipinski definition) is 3. The number of aryl methyl sites for hydroxylation is 1. The maximum atomic E-state index is 13.0. The molecule has 1 aromatic heterocycles. The van der Waals surface area contributed by atoms with Crippen LogP contribution in [0.3, 0.4) is 0 Å². The maximum absolute atomic E-state index is 13.0. The number of hydrogen-bond donors (Lipinski definition) is 1. The van der Waals surface area contributed by atoms with Crippen LogP contribution in [0.1, 0.15) is 35.4 Å². The number of halogens is 4. The highest BCUT2D eigenvalue weighted by Gasteiger charge is 2.32. The number of alkyl halides is 3. The third-order valence-electron chi connectivity index (χ3n) is 4.78. The van der Waals surface area contributed by atoms with Crippen LogP contribution in [0.2, 0.25) is 0 Å². The Morgan fingerprint density at radius 2 is 2.10 bits per heavy atom. The van der Waals surface area contributed by atoms with Gasteiger partial charge >= 0.3 is 6.18 Å². The molecule has 0 aliphatic carbocycles. The highest BCUT2D eigenvalue weighted by atomic mass is 127. The highest BCUT2D eigenvalue weighted by molar-refractivity contribution is 14.0. The molecule has 1 saturated heterocycles. The standard InChI is InChI=1S/C21H25F3N4O.HI/c1-3-25-20(27-13-18-15(2)6-5-9-26-18)28-10-11-29-19(14-28)16-7-4-8-17(12-16)21(22,23)24;/h4-9,12,19H,3,10-11,13-14H2,1-2H3,(H,25,27);1H. The summed E-state index contributed by atoms with van der Waals surface area (Å²) < 4.78 is 44.9. The molecular weight excluding hydrogens is 508 g/mol. The summed E-state index contributed by atoms with van der Waals surface area (Å²) in [6.07, 6.45) is -3.09. The van der Waals surface area contributed by atoms with Crippen LogP contribution in [0.15, 0.2) is 47.6 Å². The minimum absolute atomic E-state index is 0. The lowest BCUT2D eigenvalue weighted by Crippen LogP contribution is -2.48. The van der Waals surface area contributed by atoms with Gasteiger partial charge in [0.05, 0.1) is 31.0 Å². The fourth-order valence-electron chi connectivity index (χ4n) is 3.22. The zero-order chi connectivity index (χ0) is 20.9. The Labute approximate surface area is 191 Å². The first-order chi connectivity index (χ1) is 13.9. The zero-order valence-corrected chi connectivity index (χ0v) is 19.3. The van der Waals surface area contributed by atoms with Gasteiger partial charge in [-0.15, -0.1) is 24.0 Å². The number of pyridine rings is 1. The van der Waals surface area contributed by atoms with Gasteiger partial charge in [-0.2, -0.15) is 13.2 Å². The molecule has 0 bridgehead atoms. The fraction of sp³-hybridized carbons (Fsp3) is 0.429. The van der Waals surface area contributed by atoms with Crippen LogP contribution in [-0.4, -0.2) is 42.1 Å². The number of ether oxygens (including phenoxy) is 1. The van der Waals surface area contributed by atoms with Crippen LogP contribution < -0.4 is 5.32 Å². The van der Waals surface area contributed by atoms with Gasteiger partial charge in [-0.3, -0.25) is 4.98 Å². The molecular formula is C21H26F3IN4O. The largest absolute Gasteiger partial charge is 0.416 e. The van der Waals surface area contributed by atoms with Gasteiger partial charge in [0.1, 0.15) is 6.10 Å². The van der Waals surface area contributed by atoms with Crippen LogP contribution in [0, 0.1) is 6.92 Å². The van der Waals surface area contributed by atoms with Crippen molar-refractivity contribution in [3.05, 3.63) is 65.0 Å². The summed E-state index contributed by atoms with van der Waals surface area (Å²) in [6, 6.07) is 9.20. The SMILES string of the molecule is CCNC(=NCc1ncccc1C)N1CCOC(c2cccc(C(F)(F)F)c2)C1.I. The lowest BCUT2D eigenvalue weighted by Gasteiger charge is -2.35. The molecule has 5 nitrogen and oxygen atoms in total. The fourth-order valence-corrected chi connectivity index (χ4v) is 3.22. The van der Waals surface area contributed by atoms with E-state index in [2.05, 4.69) is 15.3 Å². The Morgan fingerprint density at radius 1 is 1.30 bits per heavy atom. The summed E-state index contributed by atoms with van der Waals surface area (Å²) in [5.41, 5.74) is 1.81. The topological polar surface area (TPSA) is 49.8 Å². The highest BCUT2D eigenvalue weighted by Crippen LogP contribution is 2.32. The molecule has 1 fully saturated rings. The molecule has 1 aliphatic rings. The van der Waals surface area contributed by atoms with Gasteiger partial charge in [-0.1, -0.05) is 18.2 Å². The number of nitrogens with one attached hydrogen (secondary N) is 1. The van der Waals surface area contributed by atoms with E-state index in [9.17, 15) is 13.2 Å². The first-order valence-electron chi connectivity index (χ1n) is 9.61. The molecule has 164 valence electrons. The van der Waals surface area contributed by atoms with E-state index in [-0.39, 0.29) is 24.0 Å². The number of morpholine rings is 1. The predicted octanol–water partition coefficient (Wildman–Crippen LogP) is 4.57.